The third-order valence-corrected chi connectivity index (χ3v) is 4.24. The first-order chi connectivity index (χ1) is 9.70. The maximum atomic E-state index is 12.1. The second-order valence-corrected chi connectivity index (χ2v) is 5.93. The van der Waals surface area contributed by atoms with Gasteiger partial charge in [-0.15, -0.1) is 0 Å². The molecule has 2 aliphatic rings. The number of amides is 1. The molecule has 2 aliphatic heterocycles. The molecule has 114 valence electrons. The summed E-state index contributed by atoms with van der Waals surface area (Å²) in [6.07, 6.45) is 4.70. The fraction of sp³-hybridized carbons (Fsp3) is 0.867. The highest BCUT2D eigenvalue weighted by molar-refractivity contribution is 5.85. The van der Waals surface area contributed by atoms with Crippen molar-refractivity contribution in [1.82, 2.24) is 15.1 Å². The molecule has 0 aromatic heterocycles. The van der Waals surface area contributed by atoms with E-state index in [1.807, 2.05) is 4.90 Å². The normalized spacial score (nSPS) is 21.4. The Morgan fingerprint density at radius 2 is 1.80 bits per heavy atom. The summed E-state index contributed by atoms with van der Waals surface area (Å²) in [5, 5.41) is 3.32. The first-order valence-electron chi connectivity index (χ1n) is 8.01. The van der Waals surface area contributed by atoms with Gasteiger partial charge in [0.2, 0.25) is 5.91 Å². The van der Waals surface area contributed by atoms with Crippen LogP contribution in [0.15, 0.2) is 4.99 Å². The van der Waals surface area contributed by atoms with E-state index < -0.39 is 0 Å². The Kier molecular flexibility index (Phi) is 5.68. The minimum absolute atomic E-state index is 0.170. The third-order valence-electron chi connectivity index (χ3n) is 4.24. The lowest BCUT2D eigenvalue weighted by Crippen LogP contribution is -2.46. The van der Waals surface area contributed by atoms with Crippen LogP contribution in [0.5, 0.6) is 0 Å². The van der Waals surface area contributed by atoms with E-state index in [-0.39, 0.29) is 12.5 Å². The lowest BCUT2D eigenvalue weighted by Gasteiger charge is -2.33. The second kappa shape index (κ2) is 7.50. The molecule has 0 unspecified atom stereocenters. The Bertz CT molecular complexity index is 342. The fourth-order valence-electron chi connectivity index (χ4n) is 2.86. The fourth-order valence-corrected chi connectivity index (χ4v) is 2.86. The van der Waals surface area contributed by atoms with Gasteiger partial charge in [-0.05, 0) is 38.5 Å². The van der Waals surface area contributed by atoms with Crippen molar-refractivity contribution in [2.45, 2.75) is 39.5 Å². The number of nitrogens with zero attached hydrogens (tertiary/aromatic N) is 3. The van der Waals surface area contributed by atoms with E-state index in [1.165, 1.54) is 12.8 Å². The lowest BCUT2D eigenvalue weighted by atomic mass is 10.00. The van der Waals surface area contributed by atoms with Gasteiger partial charge < -0.3 is 15.1 Å². The first kappa shape index (κ1) is 15.1. The van der Waals surface area contributed by atoms with Gasteiger partial charge >= 0.3 is 0 Å². The van der Waals surface area contributed by atoms with Crippen molar-refractivity contribution in [1.29, 1.82) is 0 Å². The van der Waals surface area contributed by atoms with Gasteiger partial charge in [0.1, 0.15) is 6.54 Å². The molecule has 1 N–H and O–H groups in total. The number of piperidine rings is 1. The molecule has 0 aromatic carbocycles. The summed E-state index contributed by atoms with van der Waals surface area (Å²) in [5.74, 6) is 1.88. The van der Waals surface area contributed by atoms with Crippen LogP contribution in [-0.2, 0) is 4.79 Å². The smallest absolute Gasteiger partial charge is 0.244 e. The maximum Gasteiger partial charge on any atom is 0.244 e. The Hall–Kier alpha value is -1.26. The van der Waals surface area contributed by atoms with Gasteiger partial charge in [-0.2, -0.15) is 0 Å². The number of hydrogen-bond acceptors (Lipinski definition) is 2. The first-order valence-corrected chi connectivity index (χ1v) is 8.01. The van der Waals surface area contributed by atoms with Gasteiger partial charge in [0.15, 0.2) is 5.96 Å². The van der Waals surface area contributed by atoms with Gasteiger partial charge in [0.25, 0.3) is 0 Å². The molecule has 2 fully saturated rings. The standard InChI is InChI=1S/C15H28N4O/c1-3-16-15(19-10-6-13(2)7-11-19)17-12-14(20)18-8-4-5-9-18/h13H,3-12H2,1-2H3,(H,16,17). The second-order valence-electron chi connectivity index (χ2n) is 5.93. The number of aliphatic imine (C=N–C) groups is 1. The maximum absolute atomic E-state index is 12.1. The van der Waals surface area contributed by atoms with E-state index in [2.05, 4.69) is 29.1 Å². The van der Waals surface area contributed by atoms with Crippen molar-refractivity contribution >= 4 is 11.9 Å². The Balaban J connectivity index is 1.89. The molecule has 0 saturated carbocycles. The van der Waals surface area contributed by atoms with Crippen LogP contribution in [0.1, 0.15) is 39.5 Å². The zero-order valence-electron chi connectivity index (χ0n) is 12.9. The minimum Gasteiger partial charge on any atom is -0.357 e. The van der Waals surface area contributed by atoms with Gasteiger partial charge in [-0.3, -0.25) is 4.79 Å². The van der Waals surface area contributed by atoms with E-state index >= 15 is 0 Å². The van der Waals surface area contributed by atoms with Crippen molar-refractivity contribution in [3.63, 3.8) is 0 Å². The number of likely N-dealkylation sites (tertiary alicyclic amines) is 2. The van der Waals surface area contributed by atoms with Crippen LogP contribution in [0.4, 0.5) is 0 Å². The van der Waals surface area contributed by atoms with Crippen molar-refractivity contribution in [3.8, 4) is 0 Å². The highest BCUT2D eigenvalue weighted by Crippen LogP contribution is 2.16. The number of rotatable bonds is 3. The molecule has 20 heavy (non-hydrogen) atoms. The highest BCUT2D eigenvalue weighted by Gasteiger charge is 2.20. The average molecular weight is 280 g/mol. The number of nitrogens with one attached hydrogen (secondary N) is 1. The molecule has 0 aliphatic carbocycles. The number of carbonyl (C=O) groups excluding carboxylic acids is 1. The van der Waals surface area contributed by atoms with Gasteiger partial charge in [-0.1, -0.05) is 6.92 Å². The van der Waals surface area contributed by atoms with E-state index in [4.69, 9.17) is 0 Å². The molecule has 2 saturated heterocycles. The quantitative estimate of drug-likeness (QED) is 0.626. The SMILES string of the molecule is CCNC(=NCC(=O)N1CCCC1)N1CCC(C)CC1. The van der Waals surface area contributed by atoms with E-state index in [0.717, 1.165) is 57.4 Å². The monoisotopic (exact) mass is 280 g/mol. The predicted molar refractivity (Wildman–Crippen MR) is 81.8 cm³/mol. The lowest BCUT2D eigenvalue weighted by molar-refractivity contribution is -0.128. The Morgan fingerprint density at radius 1 is 1.15 bits per heavy atom. The van der Waals surface area contributed by atoms with E-state index in [1.54, 1.807) is 0 Å². The molecule has 2 rings (SSSR count). The van der Waals surface area contributed by atoms with Gasteiger partial charge in [-0.25, -0.2) is 4.99 Å². The molecule has 0 bridgehead atoms. The number of hydrogen-bond donors (Lipinski definition) is 1. The van der Waals surface area contributed by atoms with Crippen molar-refractivity contribution in [3.05, 3.63) is 0 Å². The molecule has 5 heteroatoms. The van der Waals surface area contributed by atoms with E-state index in [0.29, 0.717) is 0 Å². The summed E-state index contributed by atoms with van der Waals surface area (Å²) < 4.78 is 0. The summed E-state index contributed by atoms with van der Waals surface area (Å²) in [6, 6.07) is 0. The predicted octanol–water partition coefficient (Wildman–Crippen LogP) is 1.31. The van der Waals surface area contributed by atoms with Crippen LogP contribution < -0.4 is 5.32 Å². The molecule has 0 aromatic rings. The zero-order valence-corrected chi connectivity index (χ0v) is 12.9. The molecule has 0 atom stereocenters. The van der Waals surface area contributed by atoms with Crippen LogP contribution in [0.3, 0.4) is 0 Å². The van der Waals surface area contributed by atoms with Crippen molar-refractivity contribution in [2.75, 3.05) is 39.3 Å². The van der Waals surface area contributed by atoms with Crippen LogP contribution in [0, 0.1) is 5.92 Å². The molecule has 5 nitrogen and oxygen atoms in total. The Labute approximate surface area is 122 Å². The largest absolute Gasteiger partial charge is 0.357 e. The molecular weight excluding hydrogens is 252 g/mol. The third kappa shape index (κ3) is 4.12. The molecule has 1 amide bonds. The van der Waals surface area contributed by atoms with Gasteiger partial charge in [0.05, 0.1) is 0 Å². The van der Waals surface area contributed by atoms with Crippen LogP contribution in [0.25, 0.3) is 0 Å². The summed E-state index contributed by atoms with van der Waals surface area (Å²) in [4.78, 5) is 20.8. The van der Waals surface area contributed by atoms with E-state index in [9.17, 15) is 4.79 Å². The van der Waals surface area contributed by atoms with Crippen LogP contribution >= 0.6 is 0 Å². The summed E-state index contributed by atoms with van der Waals surface area (Å²) in [5.41, 5.74) is 0. The molecule has 0 radical (unpaired) electrons. The van der Waals surface area contributed by atoms with Crippen molar-refractivity contribution in [2.24, 2.45) is 10.9 Å². The number of guanidine groups is 1. The van der Waals surface area contributed by atoms with Crippen molar-refractivity contribution < 1.29 is 4.79 Å². The van der Waals surface area contributed by atoms with Gasteiger partial charge in [0, 0.05) is 32.7 Å². The molecule has 0 spiro atoms. The Morgan fingerprint density at radius 3 is 2.40 bits per heavy atom. The van der Waals surface area contributed by atoms with Crippen LogP contribution in [-0.4, -0.2) is 60.9 Å². The highest BCUT2D eigenvalue weighted by atomic mass is 16.2. The topological polar surface area (TPSA) is 47.9 Å². The summed E-state index contributed by atoms with van der Waals surface area (Å²) in [7, 11) is 0. The molecular formula is C15H28N4O. The van der Waals surface area contributed by atoms with Crippen LogP contribution in [0.2, 0.25) is 0 Å². The summed E-state index contributed by atoms with van der Waals surface area (Å²) in [6.45, 7) is 9.42. The minimum atomic E-state index is 0.170. The zero-order chi connectivity index (χ0) is 14.4. The average Bonchev–Trinajstić information content (AvgIpc) is 2.98. The number of carbonyl (C=O) groups is 1. The molecule has 2 heterocycles. The summed E-state index contributed by atoms with van der Waals surface area (Å²) >= 11 is 0.